The molecule has 0 aliphatic rings. The van der Waals surface area contributed by atoms with E-state index in [-0.39, 0.29) is 18.4 Å². The summed E-state index contributed by atoms with van der Waals surface area (Å²) < 4.78 is 0. The maximum atomic E-state index is 12.3. The molecule has 0 unspecified atom stereocenters. The lowest BCUT2D eigenvalue weighted by molar-refractivity contribution is -0.121. The first-order chi connectivity index (χ1) is 9.62. The van der Waals surface area contributed by atoms with Gasteiger partial charge in [0.05, 0.1) is 22.8 Å². The van der Waals surface area contributed by atoms with E-state index in [1.165, 1.54) is 16.2 Å². The van der Waals surface area contributed by atoms with Crippen molar-refractivity contribution in [3.63, 3.8) is 0 Å². The van der Waals surface area contributed by atoms with Crippen LogP contribution in [-0.2, 0) is 4.79 Å². The molecule has 3 N–H and O–H groups in total. The van der Waals surface area contributed by atoms with Gasteiger partial charge in [-0.2, -0.15) is 0 Å². The van der Waals surface area contributed by atoms with Crippen LogP contribution in [0.1, 0.15) is 28.4 Å². The average Bonchev–Trinajstić information content (AvgIpc) is 2.91. The van der Waals surface area contributed by atoms with E-state index < -0.39 is 0 Å². The quantitative estimate of drug-likeness (QED) is 0.783. The highest BCUT2D eigenvalue weighted by Gasteiger charge is 2.18. The van der Waals surface area contributed by atoms with Crippen molar-refractivity contribution in [2.45, 2.75) is 13.8 Å². The van der Waals surface area contributed by atoms with Crippen molar-refractivity contribution < 1.29 is 9.59 Å². The molecule has 0 spiro atoms. The van der Waals surface area contributed by atoms with E-state index in [1.54, 1.807) is 12.1 Å². The van der Waals surface area contributed by atoms with Crippen LogP contribution < -0.4 is 11.1 Å². The highest BCUT2D eigenvalue weighted by molar-refractivity contribution is 7.14. The summed E-state index contributed by atoms with van der Waals surface area (Å²) >= 11 is 1.31. The van der Waals surface area contributed by atoms with Crippen molar-refractivity contribution in [3.05, 3.63) is 21.9 Å². The Morgan fingerprint density at radius 1 is 1.40 bits per heavy atom. The fraction of sp³-hybridized carbons (Fsp3) is 0.429. The van der Waals surface area contributed by atoms with Crippen LogP contribution in [-0.4, -0.2) is 42.9 Å². The molecule has 20 heavy (non-hydrogen) atoms. The van der Waals surface area contributed by atoms with Gasteiger partial charge in [0.15, 0.2) is 0 Å². The normalized spacial score (nSPS) is 9.55. The smallest absolute Gasteiger partial charge is 0.264 e. The minimum atomic E-state index is -0.151. The zero-order valence-electron chi connectivity index (χ0n) is 11.7. The lowest BCUT2D eigenvalue weighted by atomic mass is 10.3. The summed E-state index contributed by atoms with van der Waals surface area (Å²) in [7, 11) is 0. The van der Waals surface area contributed by atoms with Gasteiger partial charge in [0.25, 0.3) is 5.91 Å². The monoisotopic (exact) mass is 293 g/mol. The number of nitrogens with one attached hydrogen (secondary N) is 1. The SMILES string of the molecule is CCNC(=O)CN(CC)C(=O)c1ccc(C#CCN)s1. The number of thiophene rings is 1. The van der Waals surface area contributed by atoms with E-state index in [1.807, 2.05) is 13.8 Å². The van der Waals surface area contributed by atoms with Gasteiger partial charge in [-0.3, -0.25) is 9.59 Å². The van der Waals surface area contributed by atoms with Crippen LogP contribution >= 0.6 is 11.3 Å². The molecule has 2 amide bonds. The van der Waals surface area contributed by atoms with E-state index in [0.717, 1.165) is 4.88 Å². The lowest BCUT2D eigenvalue weighted by Gasteiger charge is -2.19. The molecule has 108 valence electrons. The lowest BCUT2D eigenvalue weighted by Crippen LogP contribution is -2.40. The standard InChI is InChI=1S/C14H19N3O2S/c1-3-16-13(18)10-17(4-2)14(19)12-8-7-11(20-12)6-5-9-15/h7-8H,3-4,9-10,15H2,1-2H3,(H,16,18). The van der Waals surface area contributed by atoms with Crippen LogP contribution in [0.5, 0.6) is 0 Å². The summed E-state index contributed by atoms with van der Waals surface area (Å²) in [4.78, 5) is 26.7. The summed E-state index contributed by atoms with van der Waals surface area (Å²) in [5.74, 6) is 5.34. The third kappa shape index (κ3) is 4.68. The molecular formula is C14H19N3O2S. The molecule has 1 aromatic rings. The zero-order valence-corrected chi connectivity index (χ0v) is 12.5. The van der Waals surface area contributed by atoms with Crippen molar-refractivity contribution in [1.29, 1.82) is 0 Å². The summed E-state index contributed by atoms with van der Waals surface area (Å²) in [6.07, 6.45) is 0. The Morgan fingerprint density at radius 2 is 2.15 bits per heavy atom. The maximum absolute atomic E-state index is 12.3. The van der Waals surface area contributed by atoms with E-state index >= 15 is 0 Å². The molecule has 0 saturated carbocycles. The second-order valence-corrected chi connectivity index (χ2v) is 5.03. The summed E-state index contributed by atoms with van der Waals surface area (Å²) in [5, 5.41) is 2.68. The summed E-state index contributed by atoms with van der Waals surface area (Å²) in [5.41, 5.74) is 5.31. The molecule has 0 fully saturated rings. The molecule has 1 aromatic heterocycles. The zero-order chi connectivity index (χ0) is 15.0. The number of nitrogens with zero attached hydrogens (tertiary/aromatic N) is 1. The topological polar surface area (TPSA) is 75.4 Å². The predicted molar refractivity (Wildman–Crippen MR) is 80.5 cm³/mol. The minimum absolute atomic E-state index is 0.0743. The molecule has 1 rings (SSSR count). The molecule has 0 saturated heterocycles. The summed E-state index contributed by atoms with van der Waals surface area (Å²) in [6.45, 7) is 5.10. The fourth-order valence-electron chi connectivity index (χ4n) is 1.57. The number of hydrogen-bond acceptors (Lipinski definition) is 4. The molecule has 0 bridgehead atoms. The van der Waals surface area contributed by atoms with Gasteiger partial charge in [-0.15, -0.1) is 11.3 Å². The minimum Gasteiger partial charge on any atom is -0.355 e. The number of hydrogen-bond donors (Lipinski definition) is 2. The van der Waals surface area contributed by atoms with Crippen LogP contribution in [0.15, 0.2) is 12.1 Å². The highest BCUT2D eigenvalue weighted by atomic mass is 32.1. The van der Waals surface area contributed by atoms with Gasteiger partial charge in [0.1, 0.15) is 0 Å². The Kier molecular flexibility index (Phi) is 6.77. The largest absolute Gasteiger partial charge is 0.355 e. The Hall–Kier alpha value is -1.84. The Morgan fingerprint density at radius 3 is 2.75 bits per heavy atom. The van der Waals surface area contributed by atoms with Gasteiger partial charge in [-0.05, 0) is 26.0 Å². The number of carbonyl (C=O) groups excluding carboxylic acids is 2. The number of likely N-dealkylation sites (N-methyl/N-ethyl adjacent to an activating group) is 2. The van der Waals surface area contributed by atoms with Crippen LogP contribution in [0.25, 0.3) is 0 Å². The van der Waals surface area contributed by atoms with Gasteiger partial charge < -0.3 is 16.0 Å². The first-order valence-electron chi connectivity index (χ1n) is 6.47. The van der Waals surface area contributed by atoms with Gasteiger partial charge in [-0.1, -0.05) is 11.8 Å². The van der Waals surface area contributed by atoms with Gasteiger partial charge in [-0.25, -0.2) is 0 Å². The first kappa shape index (κ1) is 16.2. The number of carbonyl (C=O) groups is 2. The first-order valence-corrected chi connectivity index (χ1v) is 7.28. The van der Waals surface area contributed by atoms with Crippen molar-refractivity contribution in [1.82, 2.24) is 10.2 Å². The number of nitrogens with two attached hydrogens (primary N) is 1. The van der Waals surface area contributed by atoms with Crippen LogP contribution in [0.3, 0.4) is 0 Å². The molecule has 6 heteroatoms. The third-order valence-electron chi connectivity index (χ3n) is 2.51. The molecule has 0 aliphatic carbocycles. The highest BCUT2D eigenvalue weighted by Crippen LogP contribution is 2.17. The summed E-state index contributed by atoms with van der Waals surface area (Å²) in [6, 6.07) is 3.52. The Labute approximate surface area is 123 Å². The van der Waals surface area contributed by atoms with Crippen molar-refractivity contribution >= 4 is 23.2 Å². The van der Waals surface area contributed by atoms with E-state index in [2.05, 4.69) is 17.2 Å². The van der Waals surface area contributed by atoms with Gasteiger partial charge in [0.2, 0.25) is 5.91 Å². The third-order valence-corrected chi connectivity index (χ3v) is 3.50. The predicted octanol–water partition coefficient (Wildman–Crippen LogP) is 0.656. The van der Waals surface area contributed by atoms with Crippen LogP contribution in [0, 0.1) is 11.8 Å². The van der Waals surface area contributed by atoms with Gasteiger partial charge >= 0.3 is 0 Å². The van der Waals surface area contributed by atoms with Gasteiger partial charge in [0, 0.05) is 13.1 Å². The molecule has 1 heterocycles. The van der Waals surface area contributed by atoms with E-state index in [9.17, 15) is 9.59 Å². The molecule has 0 aromatic carbocycles. The molecule has 0 aliphatic heterocycles. The molecule has 5 nitrogen and oxygen atoms in total. The van der Waals surface area contributed by atoms with Crippen molar-refractivity contribution in [2.75, 3.05) is 26.2 Å². The van der Waals surface area contributed by atoms with Crippen LogP contribution in [0.2, 0.25) is 0 Å². The molecule has 0 radical (unpaired) electrons. The number of amides is 2. The average molecular weight is 293 g/mol. The van der Waals surface area contributed by atoms with Crippen LogP contribution in [0.4, 0.5) is 0 Å². The maximum Gasteiger partial charge on any atom is 0.264 e. The fourth-order valence-corrected chi connectivity index (χ4v) is 2.42. The van der Waals surface area contributed by atoms with E-state index in [4.69, 9.17) is 5.73 Å². The second kappa shape index (κ2) is 8.35. The molecular weight excluding hydrogens is 274 g/mol. The van der Waals surface area contributed by atoms with E-state index in [0.29, 0.717) is 24.5 Å². The second-order valence-electron chi connectivity index (χ2n) is 3.94. The van der Waals surface area contributed by atoms with Crippen molar-refractivity contribution in [2.24, 2.45) is 5.73 Å². The number of rotatable bonds is 5. The Balaban J connectivity index is 2.75. The molecule has 0 atom stereocenters. The van der Waals surface area contributed by atoms with Crippen molar-refractivity contribution in [3.8, 4) is 11.8 Å². The Bertz CT molecular complexity index is 528.